The van der Waals surface area contributed by atoms with Crippen LogP contribution in [-0.4, -0.2) is 38.9 Å². The fourth-order valence-corrected chi connectivity index (χ4v) is 3.44. The highest BCUT2D eigenvalue weighted by atomic mass is 35.5. The number of hydrogen-bond acceptors (Lipinski definition) is 4. The molecule has 0 bridgehead atoms. The summed E-state index contributed by atoms with van der Waals surface area (Å²) in [7, 11) is -3.78. The van der Waals surface area contributed by atoms with Gasteiger partial charge < -0.3 is 10.6 Å². The number of nitrogens with zero attached hydrogens (tertiary/aromatic N) is 1. The van der Waals surface area contributed by atoms with Gasteiger partial charge in [-0.1, -0.05) is 11.6 Å². The Balaban J connectivity index is 2.09. The summed E-state index contributed by atoms with van der Waals surface area (Å²) in [6.45, 7) is 2.80. The molecule has 21 heavy (non-hydrogen) atoms. The standard InChI is InChI=1S/C13H18ClN3O3S/c1-9-6-10(7-11(15)13(9)14)21(19,20)16-8-12(18)17-4-2-3-5-17/h6-7,16H,2-5,8,15H2,1H3. The first-order valence-corrected chi connectivity index (χ1v) is 8.50. The van der Waals surface area contributed by atoms with Gasteiger partial charge >= 0.3 is 0 Å². The smallest absolute Gasteiger partial charge is 0.241 e. The molecule has 0 unspecified atom stereocenters. The summed E-state index contributed by atoms with van der Waals surface area (Å²) in [5.74, 6) is -0.213. The summed E-state index contributed by atoms with van der Waals surface area (Å²) < 4.78 is 26.7. The number of amides is 1. The highest BCUT2D eigenvalue weighted by Crippen LogP contribution is 2.26. The van der Waals surface area contributed by atoms with E-state index in [0.29, 0.717) is 23.7 Å². The number of hydrogen-bond donors (Lipinski definition) is 2. The Bertz CT molecular complexity index is 632. The topological polar surface area (TPSA) is 92.5 Å². The number of carbonyl (C=O) groups excluding carboxylic acids is 1. The van der Waals surface area contributed by atoms with E-state index in [1.807, 2.05) is 0 Å². The van der Waals surface area contributed by atoms with Gasteiger partial charge in [-0.2, -0.15) is 0 Å². The molecule has 116 valence electrons. The minimum absolute atomic E-state index is 0.0103. The maximum atomic E-state index is 12.2. The molecule has 0 radical (unpaired) electrons. The van der Waals surface area contributed by atoms with Crippen LogP contribution >= 0.6 is 11.6 Å². The van der Waals surface area contributed by atoms with Gasteiger partial charge in [0, 0.05) is 13.1 Å². The Labute approximate surface area is 129 Å². The lowest BCUT2D eigenvalue weighted by Crippen LogP contribution is -2.38. The molecule has 1 saturated heterocycles. The van der Waals surface area contributed by atoms with Crippen LogP contribution in [0.5, 0.6) is 0 Å². The van der Waals surface area contributed by atoms with E-state index < -0.39 is 10.0 Å². The molecule has 0 aromatic heterocycles. The first-order valence-electron chi connectivity index (χ1n) is 6.64. The van der Waals surface area contributed by atoms with Crippen LogP contribution in [0.3, 0.4) is 0 Å². The molecule has 1 fully saturated rings. The molecule has 1 aliphatic heterocycles. The van der Waals surface area contributed by atoms with Gasteiger partial charge in [0.15, 0.2) is 0 Å². The van der Waals surface area contributed by atoms with E-state index in [9.17, 15) is 13.2 Å². The Kier molecular flexibility index (Phi) is 4.75. The van der Waals surface area contributed by atoms with Crippen molar-refractivity contribution in [3.8, 4) is 0 Å². The maximum Gasteiger partial charge on any atom is 0.241 e. The fraction of sp³-hybridized carbons (Fsp3) is 0.462. The van der Waals surface area contributed by atoms with Gasteiger partial charge in [0.1, 0.15) is 0 Å². The first-order chi connectivity index (χ1) is 9.81. The monoisotopic (exact) mass is 331 g/mol. The molecule has 8 heteroatoms. The molecule has 1 heterocycles. The molecular weight excluding hydrogens is 314 g/mol. The van der Waals surface area contributed by atoms with Crippen LogP contribution in [0.4, 0.5) is 5.69 Å². The number of likely N-dealkylation sites (tertiary alicyclic amines) is 1. The number of anilines is 1. The van der Waals surface area contributed by atoms with Crippen molar-refractivity contribution in [2.24, 2.45) is 0 Å². The van der Waals surface area contributed by atoms with Crippen LogP contribution < -0.4 is 10.5 Å². The maximum absolute atomic E-state index is 12.2. The molecule has 1 aromatic rings. The second kappa shape index (κ2) is 6.21. The van der Waals surface area contributed by atoms with Gasteiger partial charge in [0.25, 0.3) is 0 Å². The Hall–Kier alpha value is -1.31. The third kappa shape index (κ3) is 3.66. The summed E-state index contributed by atoms with van der Waals surface area (Å²) >= 11 is 5.91. The molecule has 6 nitrogen and oxygen atoms in total. The zero-order valence-electron chi connectivity index (χ0n) is 11.7. The SMILES string of the molecule is Cc1cc(S(=O)(=O)NCC(=O)N2CCCC2)cc(N)c1Cl. The van der Waals surface area contributed by atoms with Crippen molar-refractivity contribution in [3.05, 3.63) is 22.7 Å². The molecule has 1 amide bonds. The van der Waals surface area contributed by atoms with Gasteiger partial charge in [-0.3, -0.25) is 4.79 Å². The van der Waals surface area contributed by atoms with Gasteiger partial charge in [-0.15, -0.1) is 0 Å². The number of sulfonamides is 1. The van der Waals surface area contributed by atoms with E-state index in [2.05, 4.69) is 4.72 Å². The minimum Gasteiger partial charge on any atom is -0.397 e. The van der Waals surface area contributed by atoms with Crippen LogP contribution in [0.2, 0.25) is 5.02 Å². The molecule has 1 aromatic carbocycles. The van der Waals surface area contributed by atoms with E-state index in [1.54, 1.807) is 11.8 Å². The van der Waals surface area contributed by atoms with E-state index in [0.717, 1.165) is 12.8 Å². The number of rotatable bonds is 4. The number of aryl methyl sites for hydroxylation is 1. The zero-order valence-corrected chi connectivity index (χ0v) is 13.3. The lowest BCUT2D eigenvalue weighted by atomic mass is 10.2. The third-order valence-electron chi connectivity index (χ3n) is 3.44. The lowest BCUT2D eigenvalue weighted by Gasteiger charge is -2.16. The number of halogens is 1. The number of nitrogen functional groups attached to an aromatic ring is 1. The Morgan fingerprint density at radius 2 is 2.00 bits per heavy atom. The van der Waals surface area contributed by atoms with Crippen molar-refractivity contribution < 1.29 is 13.2 Å². The van der Waals surface area contributed by atoms with E-state index >= 15 is 0 Å². The lowest BCUT2D eigenvalue weighted by molar-refractivity contribution is -0.128. The predicted molar refractivity (Wildman–Crippen MR) is 81.6 cm³/mol. The molecule has 3 N–H and O–H groups in total. The molecule has 1 aliphatic rings. The van der Waals surface area contributed by atoms with Crippen LogP contribution in [-0.2, 0) is 14.8 Å². The Morgan fingerprint density at radius 3 is 2.57 bits per heavy atom. The normalized spacial score (nSPS) is 15.4. The summed E-state index contributed by atoms with van der Waals surface area (Å²) in [6.07, 6.45) is 1.93. The highest BCUT2D eigenvalue weighted by molar-refractivity contribution is 7.89. The summed E-state index contributed by atoms with van der Waals surface area (Å²) in [5, 5.41) is 0.335. The molecule has 0 aliphatic carbocycles. The van der Waals surface area contributed by atoms with Crippen LogP contribution in [0.1, 0.15) is 18.4 Å². The third-order valence-corrected chi connectivity index (χ3v) is 5.34. The molecule has 0 atom stereocenters. The van der Waals surface area contributed by atoms with Crippen LogP contribution in [0.25, 0.3) is 0 Å². The minimum atomic E-state index is -3.78. The summed E-state index contributed by atoms with van der Waals surface area (Å²) in [6, 6.07) is 2.72. The first kappa shape index (κ1) is 16.1. The number of nitrogens with two attached hydrogens (primary N) is 1. The average molecular weight is 332 g/mol. The molecular formula is C13H18ClN3O3S. The number of nitrogens with one attached hydrogen (secondary N) is 1. The van der Waals surface area contributed by atoms with Crippen molar-refractivity contribution in [1.82, 2.24) is 9.62 Å². The van der Waals surface area contributed by atoms with Crippen molar-refractivity contribution in [2.75, 3.05) is 25.4 Å². The van der Waals surface area contributed by atoms with Gasteiger partial charge in [-0.05, 0) is 37.5 Å². The predicted octanol–water partition coefficient (Wildman–Crippen LogP) is 1.13. The van der Waals surface area contributed by atoms with Gasteiger partial charge in [-0.25, -0.2) is 13.1 Å². The Morgan fingerprint density at radius 1 is 1.38 bits per heavy atom. The summed E-state index contributed by atoms with van der Waals surface area (Å²) in [5.41, 5.74) is 6.44. The molecule has 0 saturated carbocycles. The quantitative estimate of drug-likeness (QED) is 0.809. The number of carbonyl (C=O) groups is 1. The van der Waals surface area contributed by atoms with Crippen molar-refractivity contribution in [3.63, 3.8) is 0 Å². The van der Waals surface area contributed by atoms with Crippen molar-refractivity contribution in [1.29, 1.82) is 0 Å². The average Bonchev–Trinajstić information content (AvgIpc) is 2.95. The van der Waals surface area contributed by atoms with E-state index in [4.69, 9.17) is 17.3 Å². The summed E-state index contributed by atoms with van der Waals surface area (Å²) in [4.78, 5) is 13.5. The van der Waals surface area contributed by atoms with E-state index in [-0.39, 0.29) is 23.0 Å². The highest BCUT2D eigenvalue weighted by Gasteiger charge is 2.22. The van der Waals surface area contributed by atoms with Crippen LogP contribution in [0, 0.1) is 6.92 Å². The second-order valence-corrected chi connectivity index (χ2v) is 7.20. The van der Waals surface area contributed by atoms with Crippen molar-refractivity contribution in [2.45, 2.75) is 24.7 Å². The number of benzene rings is 1. The second-order valence-electron chi connectivity index (χ2n) is 5.06. The van der Waals surface area contributed by atoms with Crippen molar-refractivity contribution >= 4 is 33.2 Å². The van der Waals surface area contributed by atoms with Crippen LogP contribution in [0.15, 0.2) is 17.0 Å². The molecule has 0 spiro atoms. The van der Waals surface area contributed by atoms with Gasteiger partial charge in [0.05, 0.1) is 22.2 Å². The van der Waals surface area contributed by atoms with E-state index in [1.165, 1.54) is 12.1 Å². The largest absolute Gasteiger partial charge is 0.397 e. The zero-order chi connectivity index (χ0) is 15.6. The molecule has 2 rings (SSSR count). The fourth-order valence-electron chi connectivity index (χ4n) is 2.24. The van der Waals surface area contributed by atoms with Gasteiger partial charge in [0.2, 0.25) is 15.9 Å².